The molecule has 168 valence electrons. The first-order valence-electron chi connectivity index (χ1n) is 12.3. The van der Waals surface area contributed by atoms with Crippen LogP contribution in [0.1, 0.15) is 61.1 Å². The minimum absolute atomic E-state index is 0.0264. The number of hydrogen-bond donors (Lipinski definition) is 1. The minimum Gasteiger partial charge on any atom is -0.352 e. The summed E-state index contributed by atoms with van der Waals surface area (Å²) in [5, 5.41) is 3.18. The van der Waals surface area contributed by atoms with Crippen LogP contribution in [0.2, 0.25) is 0 Å². The Bertz CT molecular complexity index is 1060. The summed E-state index contributed by atoms with van der Waals surface area (Å²) >= 11 is 0. The van der Waals surface area contributed by atoms with Gasteiger partial charge in [0.25, 0.3) is 5.91 Å². The normalized spacial score (nSPS) is 18.8. The van der Waals surface area contributed by atoms with E-state index in [2.05, 4.69) is 25.8 Å². The lowest BCUT2D eigenvalue weighted by atomic mass is 9.90. The van der Waals surface area contributed by atoms with Crippen LogP contribution in [0.15, 0.2) is 48.5 Å². The van der Waals surface area contributed by atoms with Crippen molar-refractivity contribution in [3.8, 4) is 5.69 Å². The number of piperidine rings is 1. The zero-order valence-electron chi connectivity index (χ0n) is 19.1. The predicted octanol–water partition coefficient (Wildman–Crippen LogP) is 5.11. The first kappa shape index (κ1) is 21.2. The van der Waals surface area contributed by atoms with Crippen LogP contribution in [0.3, 0.4) is 0 Å². The molecule has 1 N–H and O–H groups in total. The molecular weight excluding hydrogens is 396 g/mol. The number of amides is 1. The maximum absolute atomic E-state index is 12.7. The van der Waals surface area contributed by atoms with E-state index in [1.54, 1.807) is 0 Å². The Morgan fingerprint density at radius 2 is 1.69 bits per heavy atom. The van der Waals surface area contributed by atoms with Gasteiger partial charge in [0, 0.05) is 23.8 Å². The number of fused-ring (bicyclic) bond motifs is 1. The summed E-state index contributed by atoms with van der Waals surface area (Å²) < 4.78 is 2.14. The topological polar surface area (TPSA) is 50.2 Å². The van der Waals surface area contributed by atoms with Gasteiger partial charge in [0.15, 0.2) is 0 Å². The van der Waals surface area contributed by atoms with E-state index in [1.807, 2.05) is 49.4 Å². The number of rotatable bonds is 5. The van der Waals surface area contributed by atoms with E-state index in [4.69, 9.17) is 0 Å². The van der Waals surface area contributed by atoms with Crippen molar-refractivity contribution >= 4 is 16.9 Å². The number of para-hydroxylation sites is 2. The summed E-state index contributed by atoms with van der Waals surface area (Å²) in [4.78, 5) is 20.1. The molecule has 0 unspecified atom stereocenters. The van der Waals surface area contributed by atoms with E-state index in [9.17, 15) is 4.79 Å². The Hall–Kier alpha value is -2.66. The summed E-state index contributed by atoms with van der Waals surface area (Å²) in [5.41, 5.74) is 3.82. The third kappa shape index (κ3) is 4.44. The smallest absolute Gasteiger partial charge is 0.251 e. The standard InChI is InChI=1S/C27H34N4O/c1-20-29-25-9-5-6-10-26(25)31(20)24-13-11-22(12-14-24)27(32)28-19-21-15-17-30(18-16-21)23-7-3-2-4-8-23/h5-6,9-14,21,23H,2-4,7-8,15-19H2,1H3,(H,28,32). The molecule has 1 aliphatic carbocycles. The Balaban J connectivity index is 1.16. The maximum Gasteiger partial charge on any atom is 0.251 e. The molecule has 1 saturated heterocycles. The average molecular weight is 431 g/mol. The third-order valence-electron chi connectivity index (χ3n) is 7.41. The molecule has 2 aliphatic rings. The van der Waals surface area contributed by atoms with Crippen LogP contribution in [-0.2, 0) is 0 Å². The molecule has 32 heavy (non-hydrogen) atoms. The SMILES string of the molecule is Cc1nc2ccccc2n1-c1ccc(C(=O)NCC2CCN(C3CCCCC3)CC2)cc1. The minimum atomic E-state index is 0.0264. The first-order chi connectivity index (χ1) is 15.7. The number of aryl methyl sites for hydroxylation is 1. The molecule has 1 saturated carbocycles. The summed E-state index contributed by atoms with van der Waals surface area (Å²) in [6.07, 6.45) is 9.37. The summed E-state index contributed by atoms with van der Waals surface area (Å²) in [6, 6.07) is 16.8. The zero-order chi connectivity index (χ0) is 21.9. The molecule has 1 aromatic heterocycles. The molecule has 0 bridgehead atoms. The van der Waals surface area contributed by atoms with E-state index in [-0.39, 0.29) is 5.91 Å². The van der Waals surface area contributed by atoms with E-state index >= 15 is 0 Å². The van der Waals surface area contributed by atoms with Crippen molar-refractivity contribution in [3.05, 3.63) is 59.9 Å². The highest BCUT2D eigenvalue weighted by Crippen LogP contribution is 2.27. The van der Waals surface area contributed by atoms with Gasteiger partial charge < -0.3 is 10.2 Å². The fourth-order valence-corrected chi connectivity index (χ4v) is 5.54. The Morgan fingerprint density at radius 1 is 0.969 bits per heavy atom. The molecule has 0 radical (unpaired) electrons. The molecule has 5 nitrogen and oxygen atoms in total. The van der Waals surface area contributed by atoms with Gasteiger partial charge in [-0.1, -0.05) is 31.4 Å². The second kappa shape index (κ2) is 9.45. The van der Waals surface area contributed by atoms with E-state index in [1.165, 1.54) is 58.0 Å². The van der Waals surface area contributed by atoms with E-state index in [0.29, 0.717) is 5.92 Å². The molecule has 5 rings (SSSR count). The highest BCUT2D eigenvalue weighted by Gasteiger charge is 2.26. The van der Waals surface area contributed by atoms with Gasteiger partial charge in [-0.05, 0) is 88.0 Å². The molecule has 1 aliphatic heterocycles. The second-order valence-electron chi connectivity index (χ2n) is 9.51. The van der Waals surface area contributed by atoms with Crippen LogP contribution >= 0.6 is 0 Å². The Labute approximate surface area is 190 Å². The van der Waals surface area contributed by atoms with E-state index in [0.717, 1.165) is 40.7 Å². The monoisotopic (exact) mass is 430 g/mol. The van der Waals surface area contributed by atoms with Crippen LogP contribution in [0.5, 0.6) is 0 Å². The number of benzene rings is 2. The average Bonchev–Trinajstić information content (AvgIpc) is 3.19. The number of carbonyl (C=O) groups is 1. The van der Waals surface area contributed by atoms with Crippen LogP contribution in [0.4, 0.5) is 0 Å². The van der Waals surface area contributed by atoms with E-state index < -0.39 is 0 Å². The number of likely N-dealkylation sites (tertiary alicyclic amines) is 1. The lowest BCUT2D eigenvalue weighted by Gasteiger charge is -2.39. The fourth-order valence-electron chi connectivity index (χ4n) is 5.54. The molecule has 2 heterocycles. The first-order valence-corrected chi connectivity index (χ1v) is 12.3. The molecule has 0 atom stereocenters. The van der Waals surface area contributed by atoms with Gasteiger partial charge in [-0.3, -0.25) is 9.36 Å². The van der Waals surface area contributed by atoms with Gasteiger partial charge in [-0.2, -0.15) is 0 Å². The number of aromatic nitrogens is 2. The second-order valence-corrected chi connectivity index (χ2v) is 9.51. The molecule has 3 aromatic rings. The molecule has 1 amide bonds. The van der Waals surface area contributed by atoms with Crippen molar-refractivity contribution in [2.24, 2.45) is 5.92 Å². The van der Waals surface area contributed by atoms with Gasteiger partial charge in [0.05, 0.1) is 11.0 Å². The van der Waals surface area contributed by atoms with Crippen LogP contribution in [0.25, 0.3) is 16.7 Å². The molecule has 5 heteroatoms. The van der Waals surface area contributed by atoms with Crippen molar-refractivity contribution in [1.82, 2.24) is 19.8 Å². The summed E-state index contributed by atoms with van der Waals surface area (Å²) in [7, 11) is 0. The Kier molecular flexibility index (Phi) is 6.26. The molecule has 2 aromatic carbocycles. The van der Waals surface area contributed by atoms with Crippen LogP contribution < -0.4 is 5.32 Å². The quantitative estimate of drug-likeness (QED) is 0.612. The number of nitrogens with zero attached hydrogens (tertiary/aromatic N) is 3. The summed E-state index contributed by atoms with van der Waals surface area (Å²) in [5.74, 6) is 1.57. The number of carbonyl (C=O) groups excluding carboxylic acids is 1. The number of imidazole rings is 1. The van der Waals surface area contributed by atoms with Crippen molar-refractivity contribution in [1.29, 1.82) is 0 Å². The maximum atomic E-state index is 12.7. The highest BCUT2D eigenvalue weighted by molar-refractivity contribution is 5.94. The van der Waals surface area contributed by atoms with Crippen molar-refractivity contribution in [2.45, 2.75) is 57.9 Å². The lowest BCUT2D eigenvalue weighted by Crippen LogP contribution is -2.44. The zero-order valence-corrected chi connectivity index (χ0v) is 19.1. The fraction of sp³-hybridized carbons (Fsp3) is 0.481. The third-order valence-corrected chi connectivity index (χ3v) is 7.41. The van der Waals surface area contributed by atoms with Gasteiger partial charge in [-0.15, -0.1) is 0 Å². The number of hydrogen-bond acceptors (Lipinski definition) is 3. The van der Waals surface area contributed by atoms with Crippen molar-refractivity contribution < 1.29 is 4.79 Å². The van der Waals surface area contributed by atoms with Gasteiger partial charge >= 0.3 is 0 Å². The Morgan fingerprint density at radius 3 is 2.44 bits per heavy atom. The van der Waals surface area contributed by atoms with Gasteiger partial charge in [0.2, 0.25) is 0 Å². The van der Waals surface area contributed by atoms with Gasteiger partial charge in [-0.25, -0.2) is 4.98 Å². The molecule has 0 spiro atoms. The van der Waals surface area contributed by atoms with Crippen molar-refractivity contribution in [2.75, 3.05) is 19.6 Å². The predicted molar refractivity (Wildman–Crippen MR) is 129 cm³/mol. The van der Waals surface area contributed by atoms with Crippen LogP contribution in [-0.4, -0.2) is 46.0 Å². The van der Waals surface area contributed by atoms with Crippen molar-refractivity contribution in [3.63, 3.8) is 0 Å². The molecular formula is C27H34N4O. The lowest BCUT2D eigenvalue weighted by molar-refractivity contribution is 0.0899. The molecule has 2 fully saturated rings. The highest BCUT2D eigenvalue weighted by atomic mass is 16.1. The summed E-state index contributed by atoms with van der Waals surface area (Å²) in [6.45, 7) is 5.18. The van der Waals surface area contributed by atoms with Crippen LogP contribution in [0, 0.1) is 12.8 Å². The van der Waals surface area contributed by atoms with Gasteiger partial charge in [0.1, 0.15) is 5.82 Å². The number of nitrogens with one attached hydrogen (secondary N) is 1. The largest absolute Gasteiger partial charge is 0.352 e.